The molecule has 0 spiro atoms. The topological polar surface area (TPSA) is 28.2 Å². The van der Waals surface area contributed by atoms with E-state index in [-0.39, 0.29) is 0 Å². The number of aromatic nitrogens is 1. The minimum absolute atomic E-state index is 0.705. The third-order valence-electron chi connectivity index (χ3n) is 3.94. The van der Waals surface area contributed by atoms with Gasteiger partial charge in [-0.05, 0) is 39.2 Å². The number of anilines is 1. The van der Waals surface area contributed by atoms with E-state index in [0.717, 1.165) is 13.0 Å². The fraction of sp³-hybridized carbons (Fsp3) is 0.800. The normalized spacial score (nSPS) is 19.9. The molecule has 1 fully saturated rings. The Morgan fingerprint density at radius 3 is 2.89 bits per heavy atom. The Labute approximate surface area is 121 Å². The second-order valence-electron chi connectivity index (χ2n) is 5.40. The maximum Gasteiger partial charge on any atom is 0.186 e. The largest absolute Gasteiger partial charge is 0.345 e. The van der Waals surface area contributed by atoms with Crippen LogP contribution in [-0.4, -0.2) is 24.6 Å². The van der Waals surface area contributed by atoms with Crippen LogP contribution in [0.4, 0.5) is 5.13 Å². The number of hydrogen-bond donors (Lipinski definition) is 1. The van der Waals surface area contributed by atoms with Crippen molar-refractivity contribution in [2.24, 2.45) is 0 Å². The molecular formula is C15H27N3S. The Balaban J connectivity index is 2.20. The molecule has 1 aromatic rings. The van der Waals surface area contributed by atoms with Gasteiger partial charge in [0.05, 0.1) is 5.69 Å². The maximum absolute atomic E-state index is 4.94. The van der Waals surface area contributed by atoms with Crippen LogP contribution in [0.15, 0.2) is 0 Å². The summed E-state index contributed by atoms with van der Waals surface area (Å²) < 4.78 is 0. The number of rotatable bonds is 6. The third kappa shape index (κ3) is 3.48. The summed E-state index contributed by atoms with van der Waals surface area (Å²) in [6.45, 7) is 6.68. The zero-order valence-electron chi connectivity index (χ0n) is 12.5. The SMILES string of the molecule is CCCc1nc(N2CCCCC2CC)sc1CNC. The first-order valence-electron chi connectivity index (χ1n) is 7.69. The summed E-state index contributed by atoms with van der Waals surface area (Å²) in [5, 5.41) is 4.54. The van der Waals surface area contributed by atoms with E-state index in [1.165, 1.54) is 54.4 Å². The van der Waals surface area contributed by atoms with Gasteiger partial charge >= 0.3 is 0 Å². The van der Waals surface area contributed by atoms with Gasteiger partial charge in [-0.2, -0.15) is 0 Å². The highest BCUT2D eigenvalue weighted by molar-refractivity contribution is 7.15. The molecule has 0 radical (unpaired) electrons. The molecule has 1 aliphatic heterocycles. The van der Waals surface area contributed by atoms with Crippen LogP contribution in [0.5, 0.6) is 0 Å². The number of thiazole rings is 1. The lowest BCUT2D eigenvalue weighted by atomic mass is 10.0. The van der Waals surface area contributed by atoms with Crippen molar-refractivity contribution in [1.82, 2.24) is 10.3 Å². The van der Waals surface area contributed by atoms with Crippen molar-refractivity contribution < 1.29 is 0 Å². The Hall–Kier alpha value is -0.610. The van der Waals surface area contributed by atoms with Gasteiger partial charge in [0, 0.05) is 24.0 Å². The molecule has 2 rings (SSSR count). The van der Waals surface area contributed by atoms with Crippen molar-refractivity contribution in [3.63, 3.8) is 0 Å². The fourth-order valence-corrected chi connectivity index (χ4v) is 4.12. The van der Waals surface area contributed by atoms with E-state index < -0.39 is 0 Å². The molecule has 0 aliphatic carbocycles. The second-order valence-corrected chi connectivity index (χ2v) is 6.46. The summed E-state index contributed by atoms with van der Waals surface area (Å²) in [5.41, 5.74) is 1.32. The monoisotopic (exact) mass is 281 g/mol. The van der Waals surface area contributed by atoms with Crippen molar-refractivity contribution in [3.05, 3.63) is 10.6 Å². The molecule has 4 heteroatoms. The highest BCUT2D eigenvalue weighted by Crippen LogP contribution is 2.32. The maximum atomic E-state index is 4.94. The van der Waals surface area contributed by atoms with Crippen molar-refractivity contribution in [1.29, 1.82) is 0 Å². The zero-order chi connectivity index (χ0) is 13.7. The van der Waals surface area contributed by atoms with Gasteiger partial charge in [-0.15, -0.1) is 11.3 Å². The average Bonchev–Trinajstić information content (AvgIpc) is 2.83. The van der Waals surface area contributed by atoms with Crippen molar-refractivity contribution in [2.45, 2.75) is 65.0 Å². The predicted octanol–water partition coefficient (Wildman–Crippen LogP) is 3.58. The summed E-state index contributed by atoms with van der Waals surface area (Å²) in [4.78, 5) is 8.94. The molecule has 0 saturated carbocycles. The quantitative estimate of drug-likeness (QED) is 0.864. The minimum atomic E-state index is 0.705. The molecule has 1 unspecified atom stereocenters. The average molecular weight is 281 g/mol. The van der Waals surface area contributed by atoms with Crippen molar-refractivity contribution in [2.75, 3.05) is 18.5 Å². The number of piperidine rings is 1. The predicted molar refractivity (Wildman–Crippen MR) is 84.1 cm³/mol. The van der Waals surface area contributed by atoms with Crippen LogP contribution in [0.25, 0.3) is 0 Å². The summed E-state index contributed by atoms with van der Waals surface area (Å²) >= 11 is 1.90. The molecule has 108 valence electrons. The van der Waals surface area contributed by atoms with E-state index in [1.807, 2.05) is 18.4 Å². The van der Waals surface area contributed by atoms with E-state index >= 15 is 0 Å². The van der Waals surface area contributed by atoms with Gasteiger partial charge in [0.1, 0.15) is 0 Å². The van der Waals surface area contributed by atoms with Crippen LogP contribution in [0.1, 0.15) is 56.5 Å². The van der Waals surface area contributed by atoms with Gasteiger partial charge in [0.2, 0.25) is 0 Å². The molecule has 1 saturated heterocycles. The van der Waals surface area contributed by atoms with E-state index in [4.69, 9.17) is 4.98 Å². The van der Waals surface area contributed by atoms with E-state index in [9.17, 15) is 0 Å². The van der Waals surface area contributed by atoms with Crippen LogP contribution in [-0.2, 0) is 13.0 Å². The summed E-state index contributed by atoms with van der Waals surface area (Å²) in [6, 6.07) is 0.705. The standard InChI is InChI=1S/C15H27N3S/c1-4-8-13-14(11-16-3)19-15(17-13)18-10-7-6-9-12(18)5-2/h12,16H,4-11H2,1-3H3. The first kappa shape index (κ1) is 14.8. The molecule has 3 nitrogen and oxygen atoms in total. The summed E-state index contributed by atoms with van der Waals surface area (Å²) in [7, 11) is 2.02. The summed E-state index contributed by atoms with van der Waals surface area (Å²) in [5.74, 6) is 0. The first-order valence-corrected chi connectivity index (χ1v) is 8.51. The van der Waals surface area contributed by atoms with Gasteiger partial charge in [-0.1, -0.05) is 20.3 Å². The fourth-order valence-electron chi connectivity index (χ4n) is 2.90. The molecule has 0 amide bonds. The number of nitrogens with one attached hydrogen (secondary N) is 1. The number of aryl methyl sites for hydroxylation is 1. The zero-order valence-corrected chi connectivity index (χ0v) is 13.4. The van der Waals surface area contributed by atoms with Crippen LogP contribution < -0.4 is 10.2 Å². The highest BCUT2D eigenvalue weighted by Gasteiger charge is 2.24. The Morgan fingerprint density at radius 1 is 1.37 bits per heavy atom. The van der Waals surface area contributed by atoms with Gasteiger partial charge in [0.15, 0.2) is 5.13 Å². The van der Waals surface area contributed by atoms with Crippen LogP contribution in [0, 0.1) is 0 Å². The Kier molecular flexibility index (Phi) is 5.64. The van der Waals surface area contributed by atoms with Gasteiger partial charge in [-0.25, -0.2) is 4.98 Å². The number of nitrogens with zero attached hydrogens (tertiary/aromatic N) is 2. The third-order valence-corrected chi connectivity index (χ3v) is 5.07. The minimum Gasteiger partial charge on any atom is -0.345 e. The van der Waals surface area contributed by atoms with Crippen molar-refractivity contribution >= 4 is 16.5 Å². The van der Waals surface area contributed by atoms with Crippen LogP contribution >= 0.6 is 11.3 Å². The molecule has 1 atom stereocenters. The van der Waals surface area contributed by atoms with E-state index in [1.54, 1.807) is 0 Å². The van der Waals surface area contributed by atoms with Gasteiger partial charge < -0.3 is 10.2 Å². The van der Waals surface area contributed by atoms with E-state index in [2.05, 4.69) is 24.1 Å². The number of hydrogen-bond acceptors (Lipinski definition) is 4. The molecule has 2 heterocycles. The second kappa shape index (κ2) is 7.25. The van der Waals surface area contributed by atoms with Crippen LogP contribution in [0.2, 0.25) is 0 Å². The molecular weight excluding hydrogens is 254 g/mol. The lowest BCUT2D eigenvalue weighted by Crippen LogP contribution is -2.39. The van der Waals surface area contributed by atoms with E-state index in [0.29, 0.717) is 6.04 Å². The van der Waals surface area contributed by atoms with Crippen molar-refractivity contribution in [3.8, 4) is 0 Å². The molecule has 0 aromatic carbocycles. The molecule has 1 aliphatic rings. The Bertz CT molecular complexity index is 365. The molecule has 1 N–H and O–H groups in total. The van der Waals surface area contributed by atoms with Crippen LogP contribution in [0.3, 0.4) is 0 Å². The summed E-state index contributed by atoms with van der Waals surface area (Å²) in [6.07, 6.45) is 7.56. The highest BCUT2D eigenvalue weighted by atomic mass is 32.1. The molecule has 0 bridgehead atoms. The Morgan fingerprint density at radius 2 is 2.21 bits per heavy atom. The van der Waals surface area contributed by atoms with Gasteiger partial charge in [-0.3, -0.25) is 0 Å². The lowest BCUT2D eigenvalue weighted by Gasteiger charge is -2.35. The molecule has 1 aromatic heterocycles. The lowest BCUT2D eigenvalue weighted by molar-refractivity contribution is 0.449. The molecule has 19 heavy (non-hydrogen) atoms. The smallest absolute Gasteiger partial charge is 0.186 e. The van der Waals surface area contributed by atoms with Gasteiger partial charge in [0.25, 0.3) is 0 Å². The first-order chi connectivity index (χ1) is 9.30.